The second-order valence-electron chi connectivity index (χ2n) is 6.73. The number of aryl methyl sites for hydroxylation is 2. The van der Waals surface area contributed by atoms with E-state index >= 15 is 0 Å². The fourth-order valence-corrected chi connectivity index (χ4v) is 2.84. The Morgan fingerprint density at radius 1 is 0.931 bits per heavy atom. The van der Waals surface area contributed by atoms with Gasteiger partial charge in [0.1, 0.15) is 5.82 Å². The van der Waals surface area contributed by atoms with Crippen LogP contribution in [0.15, 0.2) is 54.7 Å². The van der Waals surface area contributed by atoms with E-state index in [0.717, 1.165) is 11.3 Å². The summed E-state index contributed by atoms with van der Waals surface area (Å²) in [7, 11) is 3.17. The molecule has 1 heterocycles. The van der Waals surface area contributed by atoms with Gasteiger partial charge < -0.3 is 20.1 Å². The van der Waals surface area contributed by atoms with Gasteiger partial charge in [-0.3, -0.25) is 4.79 Å². The maximum atomic E-state index is 12.4. The number of carbonyl (C=O) groups excluding carboxylic acids is 1. The Hall–Kier alpha value is -3.54. The first kappa shape index (κ1) is 20.2. The number of nitrogens with one attached hydrogen (secondary N) is 2. The quantitative estimate of drug-likeness (QED) is 0.625. The molecule has 2 aromatic carbocycles. The van der Waals surface area contributed by atoms with Crippen LogP contribution in [-0.2, 0) is 6.54 Å². The summed E-state index contributed by atoms with van der Waals surface area (Å²) in [5.41, 5.74) is 4.82. The zero-order valence-corrected chi connectivity index (χ0v) is 17.1. The molecule has 0 aliphatic heterocycles. The number of carbonyl (C=O) groups is 1. The van der Waals surface area contributed by atoms with Crippen molar-refractivity contribution in [2.75, 3.05) is 19.5 Å². The number of amides is 1. The van der Waals surface area contributed by atoms with Gasteiger partial charge in [-0.1, -0.05) is 12.1 Å². The van der Waals surface area contributed by atoms with Gasteiger partial charge in [0, 0.05) is 18.4 Å². The average molecular weight is 391 g/mol. The van der Waals surface area contributed by atoms with Crippen molar-refractivity contribution in [3.63, 3.8) is 0 Å². The molecule has 1 amide bonds. The zero-order valence-electron chi connectivity index (χ0n) is 17.1. The minimum atomic E-state index is -0.190. The van der Waals surface area contributed by atoms with Crippen molar-refractivity contribution in [2.24, 2.45) is 0 Å². The van der Waals surface area contributed by atoms with Crippen LogP contribution in [0, 0.1) is 13.8 Å². The van der Waals surface area contributed by atoms with E-state index in [1.54, 1.807) is 32.5 Å². The number of aromatic nitrogens is 1. The van der Waals surface area contributed by atoms with Gasteiger partial charge >= 0.3 is 0 Å². The van der Waals surface area contributed by atoms with Gasteiger partial charge in [-0.05, 0) is 66.9 Å². The number of hydrogen-bond donors (Lipinski definition) is 2. The van der Waals surface area contributed by atoms with Crippen molar-refractivity contribution in [3.8, 4) is 11.5 Å². The molecular weight excluding hydrogens is 366 g/mol. The van der Waals surface area contributed by atoms with Crippen molar-refractivity contribution < 1.29 is 14.3 Å². The minimum absolute atomic E-state index is 0.190. The normalized spacial score (nSPS) is 10.3. The second-order valence-corrected chi connectivity index (χ2v) is 6.73. The van der Waals surface area contributed by atoms with Crippen molar-refractivity contribution in [1.29, 1.82) is 0 Å². The first-order chi connectivity index (χ1) is 14.0. The predicted molar refractivity (Wildman–Crippen MR) is 114 cm³/mol. The lowest BCUT2D eigenvalue weighted by Crippen LogP contribution is -2.23. The fraction of sp³-hybridized carbons (Fsp3) is 0.217. The third kappa shape index (κ3) is 5.04. The van der Waals surface area contributed by atoms with Crippen LogP contribution in [-0.4, -0.2) is 25.1 Å². The molecule has 6 nitrogen and oxygen atoms in total. The van der Waals surface area contributed by atoms with E-state index in [-0.39, 0.29) is 5.91 Å². The highest BCUT2D eigenvalue weighted by Gasteiger charge is 2.09. The summed E-state index contributed by atoms with van der Waals surface area (Å²) in [6.45, 7) is 4.52. The van der Waals surface area contributed by atoms with Gasteiger partial charge in [-0.25, -0.2) is 4.98 Å². The molecule has 0 aliphatic carbocycles. The molecule has 3 aromatic rings. The fourth-order valence-electron chi connectivity index (χ4n) is 2.84. The Bertz CT molecular complexity index is 1000. The molecule has 0 saturated carbocycles. The standard InChI is InChI=1S/C23H25N3O3/c1-15-5-8-19(11-16(15)2)26-22-10-7-18(14-24-22)23(27)25-13-17-6-9-20(28-3)21(12-17)29-4/h5-12,14H,13H2,1-4H3,(H,24,26)(H,25,27). The van der Waals surface area contributed by atoms with Gasteiger partial charge in [0.15, 0.2) is 11.5 Å². The summed E-state index contributed by atoms with van der Waals surface area (Å²) in [6.07, 6.45) is 1.56. The van der Waals surface area contributed by atoms with Crippen molar-refractivity contribution in [2.45, 2.75) is 20.4 Å². The van der Waals surface area contributed by atoms with E-state index in [1.165, 1.54) is 11.1 Å². The Labute approximate surface area is 170 Å². The van der Waals surface area contributed by atoms with E-state index in [0.29, 0.717) is 29.4 Å². The number of nitrogens with zero attached hydrogens (tertiary/aromatic N) is 1. The first-order valence-electron chi connectivity index (χ1n) is 9.29. The lowest BCUT2D eigenvalue weighted by molar-refractivity contribution is 0.0950. The minimum Gasteiger partial charge on any atom is -0.493 e. The molecule has 0 fully saturated rings. The molecule has 0 unspecified atom stereocenters. The van der Waals surface area contributed by atoms with Crippen LogP contribution in [0.25, 0.3) is 0 Å². The Balaban J connectivity index is 1.61. The molecule has 0 bridgehead atoms. The highest BCUT2D eigenvalue weighted by molar-refractivity contribution is 5.94. The molecule has 0 aliphatic rings. The molecule has 3 rings (SSSR count). The van der Waals surface area contributed by atoms with E-state index in [2.05, 4.69) is 41.6 Å². The molecule has 29 heavy (non-hydrogen) atoms. The monoisotopic (exact) mass is 391 g/mol. The first-order valence-corrected chi connectivity index (χ1v) is 9.29. The third-order valence-corrected chi connectivity index (χ3v) is 4.71. The summed E-state index contributed by atoms with van der Waals surface area (Å²) in [5, 5.41) is 6.14. The number of anilines is 2. The highest BCUT2D eigenvalue weighted by atomic mass is 16.5. The second kappa shape index (κ2) is 9.10. The molecule has 1 aromatic heterocycles. The molecule has 2 N–H and O–H groups in total. The van der Waals surface area contributed by atoms with Crippen molar-refractivity contribution in [3.05, 3.63) is 77.0 Å². The number of benzene rings is 2. The van der Waals surface area contributed by atoms with Crippen LogP contribution in [0.4, 0.5) is 11.5 Å². The summed E-state index contributed by atoms with van der Waals surface area (Å²) in [5.74, 6) is 1.77. The molecule has 0 radical (unpaired) electrons. The molecule has 0 atom stereocenters. The number of hydrogen-bond acceptors (Lipinski definition) is 5. The zero-order chi connectivity index (χ0) is 20.8. The lowest BCUT2D eigenvalue weighted by atomic mass is 10.1. The largest absolute Gasteiger partial charge is 0.493 e. The third-order valence-electron chi connectivity index (χ3n) is 4.71. The van der Waals surface area contributed by atoms with E-state index in [1.807, 2.05) is 24.3 Å². The van der Waals surface area contributed by atoms with Crippen LogP contribution < -0.4 is 20.1 Å². The lowest BCUT2D eigenvalue weighted by Gasteiger charge is -2.11. The molecule has 150 valence electrons. The topological polar surface area (TPSA) is 72.5 Å². The summed E-state index contributed by atoms with van der Waals surface area (Å²) in [4.78, 5) is 16.8. The van der Waals surface area contributed by atoms with Crippen LogP contribution in [0.1, 0.15) is 27.0 Å². The number of pyridine rings is 1. The molecule has 0 saturated heterocycles. The Kier molecular flexibility index (Phi) is 6.34. The number of rotatable bonds is 7. The molecular formula is C23H25N3O3. The van der Waals surface area contributed by atoms with Crippen LogP contribution in [0.2, 0.25) is 0 Å². The SMILES string of the molecule is COc1ccc(CNC(=O)c2ccc(Nc3ccc(C)c(C)c3)nc2)cc1OC. The van der Waals surface area contributed by atoms with Crippen LogP contribution in [0.5, 0.6) is 11.5 Å². The van der Waals surface area contributed by atoms with Gasteiger partial charge in [-0.2, -0.15) is 0 Å². The number of ether oxygens (including phenoxy) is 2. The highest BCUT2D eigenvalue weighted by Crippen LogP contribution is 2.27. The Morgan fingerprint density at radius 2 is 1.72 bits per heavy atom. The van der Waals surface area contributed by atoms with Crippen LogP contribution in [0.3, 0.4) is 0 Å². The van der Waals surface area contributed by atoms with E-state index in [9.17, 15) is 4.79 Å². The van der Waals surface area contributed by atoms with E-state index < -0.39 is 0 Å². The Morgan fingerprint density at radius 3 is 2.38 bits per heavy atom. The summed E-state index contributed by atoms with van der Waals surface area (Å²) in [6, 6.07) is 15.2. The van der Waals surface area contributed by atoms with Gasteiger partial charge in [-0.15, -0.1) is 0 Å². The van der Waals surface area contributed by atoms with Gasteiger partial charge in [0.2, 0.25) is 0 Å². The molecule has 6 heteroatoms. The van der Waals surface area contributed by atoms with Crippen LogP contribution >= 0.6 is 0 Å². The van der Waals surface area contributed by atoms with Gasteiger partial charge in [0.25, 0.3) is 5.91 Å². The van der Waals surface area contributed by atoms with Crippen molar-refractivity contribution in [1.82, 2.24) is 10.3 Å². The van der Waals surface area contributed by atoms with Gasteiger partial charge in [0.05, 0.1) is 19.8 Å². The maximum absolute atomic E-state index is 12.4. The summed E-state index contributed by atoms with van der Waals surface area (Å²) >= 11 is 0. The predicted octanol–water partition coefficient (Wildman–Crippen LogP) is 4.39. The smallest absolute Gasteiger partial charge is 0.253 e. The van der Waals surface area contributed by atoms with E-state index in [4.69, 9.17) is 9.47 Å². The van der Waals surface area contributed by atoms with Crippen molar-refractivity contribution >= 4 is 17.4 Å². The average Bonchev–Trinajstić information content (AvgIpc) is 2.75. The maximum Gasteiger partial charge on any atom is 0.253 e. The molecule has 0 spiro atoms. The number of methoxy groups -OCH3 is 2. The summed E-state index contributed by atoms with van der Waals surface area (Å²) < 4.78 is 10.5.